The molecule has 3 amide bonds. The standard InChI is InChI=1S/C9H17N3O4S/c1-11(3-4-17-2)9(16)12(5-7(10)13)6-8(14)15/h3-6H2,1-2H3,(H2,10,13)(H,14,15). The second kappa shape index (κ2) is 7.77. The average molecular weight is 263 g/mol. The lowest BCUT2D eigenvalue weighted by atomic mass is 10.4. The number of thioether (sulfide) groups is 1. The zero-order valence-electron chi connectivity index (χ0n) is 9.88. The highest BCUT2D eigenvalue weighted by Gasteiger charge is 2.21. The van der Waals surface area contributed by atoms with E-state index in [9.17, 15) is 14.4 Å². The molecule has 0 aromatic carbocycles. The molecule has 0 saturated carbocycles. The van der Waals surface area contributed by atoms with E-state index in [1.165, 1.54) is 4.90 Å². The first-order valence-corrected chi connectivity index (χ1v) is 6.27. The van der Waals surface area contributed by atoms with Gasteiger partial charge in [-0.1, -0.05) is 0 Å². The molecule has 0 heterocycles. The summed E-state index contributed by atoms with van der Waals surface area (Å²) in [5.41, 5.74) is 4.96. The molecule has 8 heteroatoms. The van der Waals surface area contributed by atoms with Crippen molar-refractivity contribution in [3.63, 3.8) is 0 Å². The quantitative estimate of drug-likeness (QED) is 0.630. The molecule has 0 atom stereocenters. The van der Waals surface area contributed by atoms with Crippen molar-refractivity contribution in [1.29, 1.82) is 0 Å². The SMILES string of the molecule is CSCCN(C)C(=O)N(CC(N)=O)CC(=O)O. The summed E-state index contributed by atoms with van der Waals surface area (Å²) in [6, 6.07) is -0.514. The summed E-state index contributed by atoms with van der Waals surface area (Å²) in [7, 11) is 1.55. The monoisotopic (exact) mass is 263 g/mol. The first-order chi connectivity index (χ1) is 7.88. The minimum Gasteiger partial charge on any atom is -0.480 e. The van der Waals surface area contributed by atoms with Crippen LogP contribution in [0.5, 0.6) is 0 Å². The Kier molecular flexibility index (Phi) is 7.11. The highest BCUT2D eigenvalue weighted by molar-refractivity contribution is 7.98. The lowest BCUT2D eigenvalue weighted by Gasteiger charge is -2.25. The maximum atomic E-state index is 11.8. The second-order valence-electron chi connectivity index (χ2n) is 3.41. The number of carbonyl (C=O) groups excluding carboxylic acids is 2. The van der Waals surface area contributed by atoms with Crippen LogP contribution in [-0.2, 0) is 9.59 Å². The first kappa shape index (κ1) is 15.6. The van der Waals surface area contributed by atoms with Crippen LogP contribution in [0.3, 0.4) is 0 Å². The van der Waals surface area contributed by atoms with Gasteiger partial charge in [0.2, 0.25) is 5.91 Å². The molecule has 0 aliphatic carbocycles. The van der Waals surface area contributed by atoms with Crippen LogP contribution < -0.4 is 5.73 Å². The summed E-state index contributed by atoms with van der Waals surface area (Å²) < 4.78 is 0. The molecule has 0 aliphatic heterocycles. The van der Waals surface area contributed by atoms with E-state index in [2.05, 4.69) is 0 Å². The average Bonchev–Trinajstić information content (AvgIpc) is 2.22. The fraction of sp³-hybridized carbons (Fsp3) is 0.667. The summed E-state index contributed by atoms with van der Waals surface area (Å²) in [5.74, 6) is -1.18. The molecule has 0 aromatic heterocycles. The number of hydrogen-bond donors (Lipinski definition) is 2. The van der Waals surface area contributed by atoms with E-state index in [1.807, 2.05) is 6.26 Å². The van der Waals surface area contributed by atoms with Gasteiger partial charge in [0.15, 0.2) is 0 Å². The Morgan fingerprint density at radius 2 is 1.88 bits per heavy atom. The molecular weight excluding hydrogens is 246 g/mol. The molecule has 98 valence electrons. The number of rotatable bonds is 7. The summed E-state index contributed by atoms with van der Waals surface area (Å²) in [5, 5.41) is 8.63. The van der Waals surface area contributed by atoms with E-state index < -0.39 is 31.0 Å². The van der Waals surface area contributed by atoms with E-state index in [4.69, 9.17) is 10.8 Å². The third kappa shape index (κ3) is 6.67. The molecule has 0 aliphatic rings. The maximum Gasteiger partial charge on any atom is 0.323 e. The number of carbonyl (C=O) groups is 3. The minimum absolute atomic E-state index is 0.394. The van der Waals surface area contributed by atoms with Gasteiger partial charge < -0.3 is 20.6 Å². The van der Waals surface area contributed by atoms with E-state index in [0.717, 1.165) is 10.7 Å². The van der Waals surface area contributed by atoms with E-state index >= 15 is 0 Å². The van der Waals surface area contributed by atoms with E-state index in [0.29, 0.717) is 6.54 Å². The van der Waals surface area contributed by atoms with Gasteiger partial charge >= 0.3 is 12.0 Å². The molecule has 0 spiro atoms. The van der Waals surface area contributed by atoms with E-state index in [-0.39, 0.29) is 0 Å². The van der Waals surface area contributed by atoms with Gasteiger partial charge in [0.25, 0.3) is 0 Å². The number of amides is 3. The Bertz CT molecular complexity index is 282. The summed E-state index contributed by atoms with van der Waals surface area (Å²) in [6.45, 7) is -0.449. The molecule has 3 N–H and O–H groups in total. The van der Waals surface area contributed by atoms with Gasteiger partial charge in [0.05, 0.1) is 0 Å². The molecule has 17 heavy (non-hydrogen) atoms. The van der Waals surface area contributed by atoms with Crippen molar-refractivity contribution in [2.45, 2.75) is 0 Å². The molecular formula is C9H17N3O4S. The van der Waals surface area contributed by atoms with Gasteiger partial charge in [-0.05, 0) is 6.26 Å². The number of nitrogens with two attached hydrogens (primary N) is 1. The lowest BCUT2D eigenvalue weighted by molar-refractivity contribution is -0.138. The maximum absolute atomic E-state index is 11.8. The number of urea groups is 1. The van der Waals surface area contributed by atoms with Gasteiger partial charge in [-0.2, -0.15) is 11.8 Å². The van der Waals surface area contributed by atoms with Crippen molar-refractivity contribution >= 4 is 29.7 Å². The zero-order valence-corrected chi connectivity index (χ0v) is 10.7. The van der Waals surface area contributed by atoms with Crippen LogP contribution in [0.1, 0.15) is 0 Å². The largest absolute Gasteiger partial charge is 0.480 e. The van der Waals surface area contributed by atoms with Crippen molar-refractivity contribution < 1.29 is 19.5 Å². The van der Waals surface area contributed by atoms with Crippen LogP contribution in [0.15, 0.2) is 0 Å². The molecule has 0 fully saturated rings. The number of carboxylic acids is 1. The Balaban J connectivity index is 4.49. The van der Waals surface area contributed by atoms with Crippen molar-refractivity contribution in [3.8, 4) is 0 Å². The number of carboxylic acid groups (broad SMARTS) is 1. The summed E-state index contributed by atoms with van der Waals surface area (Å²) >= 11 is 1.57. The van der Waals surface area contributed by atoms with Gasteiger partial charge in [0.1, 0.15) is 13.1 Å². The third-order valence-corrected chi connectivity index (χ3v) is 2.49. The number of nitrogens with zero attached hydrogens (tertiary/aromatic N) is 2. The Morgan fingerprint density at radius 1 is 1.29 bits per heavy atom. The summed E-state index contributed by atoms with van der Waals surface area (Å²) in [6.07, 6.45) is 1.90. The van der Waals surface area contributed by atoms with Crippen molar-refractivity contribution in [3.05, 3.63) is 0 Å². The second-order valence-corrected chi connectivity index (χ2v) is 4.40. The normalized spacial score (nSPS) is 9.76. The molecule has 0 radical (unpaired) electrons. The Morgan fingerprint density at radius 3 is 2.29 bits per heavy atom. The predicted molar refractivity (Wildman–Crippen MR) is 64.8 cm³/mol. The van der Waals surface area contributed by atoms with Crippen molar-refractivity contribution in [2.24, 2.45) is 5.73 Å². The summed E-state index contributed by atoms with van der Waals surface area (Å²) in [4.78, 5) is 35.4. The number of primary amides is 1. The topological polar surface area (TPSA) is 104 Å². The molecule has 0 aromatic rings. The first-order valence-electron chi connectivity index (χ1n) is 4.87. The Labute approximate surface area is 104 Å². The van der Waals surface area contributed by atoms with E-state index in [1.54, 1.807) is 18.8 Å². The van der Waals surface area contributed by atoms with Crippen molar-refractivity contribution in [2.75, 3.05) is 38.7 Å². The van der Waals surface area contributed by atoms with Crippen LogP contribution >= 0.6 is 11.8 Å². The van der Waals surface area contributed by atoms with Crippen LogP contribution in [0.25, 0.3) is 0 Å². The van der Waals surface area contributed by atoms with Crippen LogP contribution in [0.2, 0.25) is 0 Å². The molecule has 0 unspecified atom stereocenters. The highest BCUT2D eigenvalue weighted by atomic mass is 32.2. The van der Waals surface area contributed by atoms with Gasteiger partial charge in [-0.25, -0.2) is 4.79 Å². The molecule has 0 bridgehead atoms. The van der Waals surface area contributed by atoms with Crippen LogP contribution in [0, 0.1) is 0 Å². The van der Waals surface area contributed by atoms with Gasteiger partial charge in [0, 0.05) is 19.3 Å². The van der Waals surface area contributed by atoms with Crippen LogP contribution in [-0.4, -0.2) is 71.5 Å². The van der Waals surface area contributed by atoms with Crippen LogP contribution in [0.4, 0.5) is 4.79 Å². The fourth-order valence-electron chi connectivity index (χ4n) is 1.11. The zero-order chi connectivity index (χ0) is 13.4. The minimum atomic E-state index is -1.18. The smallest absolute Gasteiger partial charge is 0.323 e. The molecule has 0 saturated heterocycles. The highest BCUT2D eigenvalue weighted by Crippen LogP contribution is 1.99. The molecule has 7 nitrogen and oxygen atoms in total. The third-order valence-electron chi connectivity index (χ3n) is 1.90. The Hall–Kier alpha value is -1.44. The van der Waals surface area contributed by atoms with Gasteiger partial charge in [-0.15, -0.1) is 0 Å². The lowest BCUT2D eigenvalue weighted by Crippen LogP contribution is -2.47. The predicted octanol–water partition coefficient (Wildman–Crippen LogP) is -0.727. The molecule has 0 rings (SSSR count). The van der Waals surface area contributed by atoms with Gasteiger partial charge in [-0.3, -0.25) is 9.59 Å². The van der Waals surface area contributed by atoms with Crippen molar-refractivity contribution in [1.82, 2.24) is 9.80 Å². The fourth-order valence-corrected chi connectivity index (χ4v) is 1.56. The number of hydrogen-bond acceptors (Lipinski definition) is 4. The number of aliphatic carboxylic acids is 1.